The number of ether oxygens (including phenoxy) is 14. The number of rotatable bonds is 24. The summed E-state index contributed by atoms with van der Waals surface area (Å²) in [6, 6.07) is 31.4. The van der Waals surface area contributed by atoms with E-state index in [2.05, 4.69) is 19.9 Å². The molecule has 2 saturated heterocycles. The fourth-order valence-corrected chi connectivity index (χ4v) is 10.8. The number of aromatic nitrogens is 4. The number of nitrogens with one attached hydrogen (secondary N) is 4. The lowest BCUT2D eigenvalue weighted by Gasteiger charge is -2.44. The van der Waals surface area contributed by atoms with Gasteiger partial charge in [-0.2, -0.15) is 0 Å². The summed E-state index contributed by atoms with van der Waals surface area (Å²) in [5.74, 6) is -4.55. The lowest BCUT2D eigenvalue weighted by atomic mass is 9.98. The molecular formula is C66H72N4O22. The van der Waals surface area contributed by atoms with Crippen molar-refractivity contribution in [3.8, 4) is 11.5 Å². The number of hydrogen-bond acceptors (Lipinski definition) is 22. The van der Waals surface area contributed by atoms with E-state index in [4.69, 9.17) is 66.3 Å². The zero-order chi connectivity index (χ0) is 65.6. The minimum absolute atomic E-state index is 0.0311. The van der Waals surface area contributed by atoms with Crippen molar-refractivity contribution in [3.63, 3.8) is 0 Å². The number of benzene rings is 2. The SMILES string of the molecule is CC(=O)OCC1OC(OCCCOc2ccc(C3=c4ccc([nH]4)=Cc4ccc([nH]4)C(c4ccc(OCCCOC5OC(COC(C)=O)C(OC(C)=O)C(OC(C)=O)C5OC(C)=O)cc4)=c4ccc([nH]4)=Cc4ccc3[nH]4)cc2)C(OC(C)=O)C(OC(C)=O)C1OC(C)=O. The van der Waals surface area contributed by atoms with Gasteiger partial charge in [0.05, 0.1) is 26.4 Å². The first kappa shape index (κ1) is 66.7. The highest BCUT2D eigenvalue weighted by Crippen LogP contribution is 2.33. The molecule has 3 aliphatic rings. The Kier molecular flexibility index (Phi) is 22.3. The van der Waals surface area contributed by atoms with E-state index in [0.717, 1.165) is 108 Å². The molecule has 3 aliphatic heterocycles. The summed E-state index contributed by atoms with van der Waals surface area (Å²) in [5.41, 5.74) is 6.98. The van der Waals surface area contributed by atoms with Gasteiger partial charge in [0, 0.05) is 124 Å². The van der Waals surface area contributed by atoms with Gasteiger partial charge in [-0.15, -0.1) is 0 Å². The van der Waals surface area contributed by atoms with Gasteiger partial charge >= 0.3 is 47.8 Å². The Morgan fingerprint density at radius 2 is 0.717 bits per heavy atom. The number of carbonyl (C=O) groups excluding carboxylic acids is 8. The molecule has 2 aromatic carbocycles. The van der Waals surface area contributed by atoms with Crippen LogP contribution in [0, 0.1) is 0 Å². The highest BCUT2D eigenvalue weighted by Gasteiger charge is 2.54. The lowest BCUT2D eigenvalue weighted by molar-refractivity contribution is -0.308. The third kappa shape index (κ3) is 17.8. The topological polar surface area (TPSA) is 329 Å². The fourth-order valence-electron chi connectivity index (χ4n) is 10.8. The summed E-state index contributed by atoms with van der Waals surface area (Å²) in [5, 5.41) is 3.39. The number of esters is 8. The minimum Gasteiger partial charge on any atom is -0.494 e. The van der Waals surface area contributed by atoms with Gasteiger partial charge < -0.3 is 86.3 Å². The van der Waals surface area contributed by atoms with E-state index in [1.807, 2.05) is 109 Å². The Labute approximate surface area is 527 Å². The van der Waals surface area contributed by atoms with Crippen LogP contribution >= 0.6 is 0 Å². The van der Waals surface area contributed by atoms with Gasteiger partial charge in [0.1, 0.15) is 36.9 Å². The van der Waals surface area contributed by atoms with Gasteiger partial charge in [-0.1, -0.05) is 24.3 Å². The van der Waals surface area contributed by atoms with E-state index < -0.39 is 109 Å². The molecule has 0 radical (unpaired) electrons. The number of hydrogen-bond donors (Lipinski definition) is 4. The van der Waals surface area contributed by atoms with Crippen LogP contribution < -0.4 is 30.9 Å². The highest BCUT2D eigenvalue weighted by atomic mass is 16.7. The molecule has 8 bridgehead atoms. The average Bonchev–Trinajstić information content (AvgIpc) is 1.14. The Hall–Kier alpha value is -9.76. The minimum atomic E-state index is -1.35. The van der Waals surface area contributed by atoms with Gasteiger partial charge in [0.15, 0.2) is 49.2 Å². The molecular weight excluding hydrogens is 1200 g/mol. The van der Waals surface area contributed by atoms with Crippen molar-refractivity contribution in [1.29, 1.82) is 0 Å². The van der Waals surface area contributed by atoms with Gasteiger partial charge in [0.25, 0.3) is 0 Å². The quantitative estimate of drug-likeness (QED) is 0.0383. The van der Waals surface area contributed by atoms with E-state index in [1.54, 1.807) is 0 Å². The Bertz CT molecular complexity index is 3630. The molecule has 7 heterocycles. The van der Waals surface area contributed by atoms with Gasteiger partial charge in [-0.3, -0.25) is 38.4 Å². The summed E-state index contributed by atoms with van der Waals surface area (Å²) in [4.78, 5) is 111. The first-order valence-corrected chi connectivity index (χ1v) is 29.7. The maximum absolute atomic E-state index is 12.3. The second kappa shape index (κ2) is 30.8. The van der Waals surface area contributed by atoms with Crippen molar-refractivity contribution in [2.24, 2.45) is 0 Å². The van der Waals surface area contributed by atoms with Crippen LogP contribution in [0.25, 0.3) is 23.3 Å². The van der Waals surface area contributed by atoms with Crippen LogP contribution in [0.1, 0.15) is 102 Å². The third-order valence-electron chi connectivity index (χ3n) is 14.4. The molecule has 92 heavy (non-hydrogen) atoms. The largest absolute Gasteiger partial charge is 0.494 e. The van der Waals surface area contributed by atoms with Gasteiger partial charge in [-0.25, -0.2) is 0 Å². The summed E-state index contributed by atoms with van der Waals surface area (Å²) in [6.07, 6.45) is -8.16. The van der Waals surface area contributed by atoms with Crippen LogP contribution in [0.3, 0.4) is 0 Å². The molecule has 488 valence electrons. The molecule has 6 aromatic rings. The third-order valence-corrected chi connectivity index (χ3v) is 14.4. The van der Waals surface area contributed by atoms with Crippen LogP contribution in [0.4, 0.5) is 0 Å². The summed E-state index contributed by atoms with van der Waals surface area (Å²) in [7, 11) is 0. The molecule has 26 nitrogen and oxygen atoms in total. The predicted molar refractivity (Wildman–Crippen MR) is 321 cm³/mol. The van der Waals surface area contributed by atoms with Crippen LogP contribution in [0.15, 0.2) is 97.1 Å². The highest BCUT2D eigenvalue weighted by molar-refractivity contribution is 5.80. The van der Waals surface area contributed by atoms with E-state index in [-0.39, 0.29) is 39.6 Å². The normalized spacial score (nSPS) is 21.7. The smallest absolute Gasteiger partial charge is 0.303 e. The number of aromatic amines is 4. The van der Waals surface area contributed by atoms with Crippen molar-refractivity contribution in [3.05, 3.63) is 152 Å². The number of fused-ring (bicyclic) bond motifs is 8. The molecule has 0 spiro atoms. The Balaban J connectivity index is 0.862. The zero-order valence-electron chi connectivity index (χ0n) is 51.8. The average molecular weight is 1270 g/mol. The fraction of sp³-hybridized carbons (Fsp3) is 0.394. The molecule has 0 amide bonds. The monoisotopic (exact) mass is 1270 g/mol. The molecule has 0 aliphatic carbocycles. The number of carbonyl (C=O) groups is 8. The second-order valence-corrected chi connectivity index (χ2v) is 21.7. The molecule has 0 saturated carbocycles. The summed E-state index contributed by atoms with van der Waals surface area (Å²) >= 11 is 0. The molecule has 4 aromatic heterocycles. The Morgan fingerprint density at radius 3 is 1.07 bits per heavy atom. The lowest BCUT2D eigenvalue weighted by Crippen LogP contribution is -2.63. The summed E-state index contributed by atoms with van der Waals surface area (Å²) < 4.78 is 79.7. The van der Waals surface area contributed by atoms with Crippen LogP contribution in [-0.2, 0) is 95.2 Å². The standard InChI is InChI=1S/C66H72N4O22/c1-35(71)83-33-55-59(85-37(3)73)61(87-39(5)75)63(89-41(7)77)65(91-55)81-29-9-27-79-49-19-11-43(12-20-49)57-51-23-15-45(67-51)31-47-17-25-53(69-47)58(54-26-18-48(70-54)32-46-16-24-52(57)68-46)44-13-21-50(22-14-44)80-28-10-30-82-66-64(90-42(8)78)62(88-40(6)76)60(86-38(4)74)56(92-66)34-84-36(2)72/h11-26,31-32,55-56,59-70H,9-10,27-30,33-34H2,1-8H3. The second-order valence-electron chi connectivity index (χ2n) is 21.7. The first-order valence-electron chi connectivity index (χ1n) is 29.7. The summed E-state index contributed by atoms with van der Waals surface area (Å²) in [6.45, 7) is 9.00. The van der Waals surface area contributed by atoms with Crippen LogP contribution in [0.2, 0.25) is 0 Å². The maximum atomic E-state index is 12.3. The first-order chi connectivity index (χ1) is 44.1. The Morgan fingerprint density at radius 1 is 0.370 bits per heavy atom. The van der Waals surface area contributed by atoms with E-state index in [1.165, 1.54) is 13.8 Å². The predicted octanol–water partition coefficient (Wildman–Crippen LogP) is 3.20. The van der Waals surface area contributed by atoms with Gasteiger partial charge in [0.2, 0.25) is 0 Å². The van der Waals surface area contributed by atoms with Crippen molar-refractivity contribution >= 4 is 71.1 Å². The zero-order valence-corrected chi connectivity index (χ0v) is 51.8. The molecule has 10 atom stereocenters. The van der Waals surface area contributed by atoms with Crippen molar-refractivity contribution in [2.45, 2.75) is 130 Å². The van der Waals surface area contributed by atoms with E-state index in [9.17, 15) is 38.4 Å². The van der Waals surface area contributed by atoms with E-state index >= 15 is 0 Å². The van der Waals surface area contributed by atoms with Crippen LogP contribution in [-0.4, -0.2) is 169 Å². The molecule has 9 rings (SSSR count). The van der Waals surface area contributed by atoms with Crippen LogP contribution in [0.5, 0.6) is 11.5 Å². The van der Waals surface area contributed by atoms with Crippen molar-refractivity contribution in [2.75, 3.05) is 39.6 Å². The van der Waals surface area contributed by atoms with Crippen molar-refractivity contribution < 1.29 is 105 Å². The molecule has 26 heteroatoms. The number of H-pyrrole nitrogens is 4. The van der Waals surface area contributed by atoms with E-state index in [0.29, 0.717) is 24.3 Å². The molecule has 2 fully saturated rings. The van der Waals surface area contributed by atoms with Crippen molar-refractivity contribution in [1.82, 2.24) is 19.9 Å². The molecule has 4 N–H and O–H groups in total. The maximum Gasteiger partial charge on any atom is 0.303 e. The molecule has 10 unspecified atom stereocenters. The van der Waals surface area contributed by atoms with Gasteiger partial charge in [-0.05, 0) is 96.1 Å².